The highest BCUT2D eigenvalue weighted by molar-refractivity contribution is 5.82. The molecular formula is C18H18FN3O3. The van der Waals surface area contributed by atoms with Crippen LogP contribution < -0.4 is 15.2 Å². The molecule has 130 valence electrons. The highest BCUT2D eigenvalue weighted by Gasteiger charge is 2.12. The summed E-state index contributed by atoms with van der Waals surface area (Å²) in [5.41, 5.74) is 7.68. The molecule has 0 saturated carbocycles. The monoisotopic (exact) mass is 343 g/mol. The van der Waals surface area contributed by atoms with Gasteiger partial charge in [0, 0.05) is 37.2 Å². The average Bonchev–Trinajstić information content (AvgIpc) is 2.58. The first-order valence-electron chi connectivity index (χ1n) is 7.69. The molecule has 0 amide bonds. The van der Waals surface area contributed by atoms with Crippen LogP contribution in [-0.4, -0.2) is 30.3 Å². The fraction of sp³-hybridized carbons (Fsp3) is 0.222. The first kappa shape index (κ1) is 16.9. The number of hydrogen-bond donors (Lipinski definition) is 1. The van der Waals surface area contributed by atoms with E-state index in [1.807, 2.05) is 6.92 Å². The van der Waals surface area contributed by atoms with Gasteiger partial charge in [0.25, 0.3) is 0 Å². The van der Waals surface area contributed by atoms with Crippen molar-refractivity contribution in [3.05, 3.63) is 48.0 Å². The van der Waals surface area contributed by atoms with Gasteiger partial charge in [0.05, 0.1) is 17.8 Å². The summed E-state index contributed by atoms with van der Waals surface area (Å²) in [5, 5.41) is 0. The predicted molar refractivity (Wildman–Crippen MR) is 92.5 cm³/mol. The lowest BCUT2D eigenvalue weighted by Gasteiger charge is -2.12. The van der Waals surface area contributed by atoms with Gasteiger partial charge >= 0.3 is 0 Å². The van der Waals surface area contributed by atoms with Crippen molar-refractivity contribution < 1.29 is 18.6 Å². The molecule has 2 heterocycles. The summed E-state index contributed by atoms with van der Waals surface area (Å²) in [4.78, 5) is 8.78. The van der Waals surface area contributed by atoms with Gasteiger partial charge in [-0.2, -0.15) is 0 Å². The minimum absolute atomic E-state index is 0.0709. The van der Waals surface area contributed by atoms with Gasteiger partial charge in [0.15, 0.2) is 17.3 Å². The summed E-state index contributed by atoms with van der Waals surface area (Å²) < 4.78 is 30.3. The van der Waals surface area contributed by atoms with E-state index in [0.29, 0.717) is 47.1 Å². The van der Waals surface area contributed by atoms with Crippen LogP contribution in [0, 0.1) is 12.7 Å². The average molecular weight is 343 g/mol. The van der Waals surface area contributed by atoms with Crippen molar-refractivity contribution in [1.82, 2.24) is 9.97 Å². The lowest BCUT2D eigenvalue weighted by atomic mass is 10.2. The van der Waals surface area contributed by atoms with Crippen LogP contribution in [-0.2, 0) is 4.74 Å². The fourth-order valence-corrected chi connectivity index (χ4v) is 2.30. The number of fused-ring (bicyclic) bond motifs is 1. The maximum atomic E-state index is 14.0. The summed E-state index contributed by atoms with van der Waals surface area (Å²) in [6, 6.07) is 7.67. The fourth-order valence-electron chi connectivity index (χ4n) is 2.30. The molecule has 25 heavy (non-hydrogen) atoms. The van der Waals surface area contributed by atoms with Crippen molar-refractivity contribution in [2.45, 2.75) is 6.92 Å². The standard InChI is InChI=1S/C18H18FN3O3/c1-11-17(24-8-7-23-2)10-14-18(22-11)16(5-6-21-14)25-15-4-3-12(20)9-13(15)19/h3-6,9-10H,7-8,20H2,1-2H3. The van der Waals surface area contributed by atoms with E-state index in [2.05, 4.69) is 9.97 Å². The molecule has 0 unspecified atom stereocenters. The van der Waals surface area contributed by atoms with Crippen LogP contribution in [0.2, 0.25) is 0 Å². The van der Waals surface area contributed by atoms with Crippen LogP contribution in [0.4, 0.5) is 10.1 Å². The highest BCUT2D eigenvalue weighted by atomic mass is 19.1. The molecule has 0 bridgehead atoms. The van der Waals surface area contributed by atoms with E-state index in [1.54, 1.807) is 31.5 Å². The molecule has 0 aliphatic rings. The minimum Gasteiger partial charge on any atom is -0.489 e. The number of halogens is 1. The van der Waals surface area contributed by atoms with Crippen LogP contribution in [0.1, 0.15) is 5.69 Å². The van der Waals surface area contributed by atoms with Gasteiger partial charge in [-0.1, -0.05) is 0 Å². The molecule has 0 aliphatic carbocycles. The normalized spacial score (nSPS) is 10.8. The Hall–Kier alpha value is -2.93. The van der Waals surface area contributed by atoms with Crippen molar-refractivity contribution in [1.29, 1.82) is 0 Å². The van der Waals surface area contributed by atoms with Gasteiger partial charge in [-0.25, -0.2) is 9.37 Å². The predicted octanol–water partition coefficient (Wildman–Crippen LogP) is 3.48. The highest BCUT2D eigenvalue weighted by Crippen LogP contribution is 2.32. The van der Waals surface area contributed by atoms with E-state index >= 15 is 0 Å². The molecule has 0 atom stereocenters. The number of methoxy groups -OCH3 is 1. The molecule has 0 fully saturated rings. The number of nitrogens with zero attached hydrogens (tertiary/aromatic N) is 2. The smallest absolute Gasteiger partial charge is 0.167 e. The zero-order valence-corrected chi connectivity index (χ0v) is 14.0. The lowest BCUT2D eigenvalue weighted by molar-refractivity contribution is 0.146. The van der Waals surface area contributed by atoms with Crippen molar-refractivity contribution in [2.75, 3.05) is 26.1 Å². The number of aryl methyl sites for hydroxylation is 1. The van der Waals surface area contributed by atoms with E-state index in [9.17, 15) is 4.39 Å². The summed E-state index contributed by atoms with van der Waals surface area (Å²) in [7, 11) is 1.61. The topological polar surface area (TPSA) is 79.5 Å². The quantitative estimate of drug-likeness (QED) is 0.545. The third-order valence-corrected chi connectivity index (χ3v) is 3.54. The number of nitrogen functional groups attached to an aromatic ring is 1. The molecule has 0 spiro atoms. The zero-order chi connectivity index (χ0) is 17.8. The van der Waals surface area contributed by atoms with E-state index in [1.165, 1.54) is 12.1 Å². The summed E-state index contributed by atoms with van der Waals surface area (Å²) >= 11 is 0. The molecule has 2 N–H and O–H groups in total. The number of benzene rings is 1. The SMILES string of the molecule is COCCOc1cc2nccc(Oc3ccc(N)cc3F)c2nc1C. The Morgan fingerprint density at radius 2 is 1.92 bits per heavy atom. The van der Waals surface area contributed by atoms with Gasteiger partial charge in [-0.05, 0) is 19.1 Å². The Balaban J connectivity index is 1.95. The number of ether oxygens (including phenoxy) is 3. The molecule has 6 nitrogen and oxygen atoms in total. The third kappa shape index (κ3) is 3.77. The Morgan fingerprint density at radius 1 is 1.08 bits per heavy atom. The number of hydrogen-bond acceptors (Lipinski definition) is 6. The third-order valence-electron chi connectivity index (χ3n) is 3.54. The lowest BCUT2D eigenvalue weighted by Crippen LogP contribution is -2.06. The second-order valence-corrected chi connectivity index (χ2v) is 5.38. The Bertz CT molecular complexity index is 902. The van der Waals surface area contributed by atoms with Gasteiger partial charge in [0.1, 0.15) is 17.9 Å². The molecule has 3 aromatic rings. The number of pyridine rings is 2. The Labute approximate surface area is 144 Å². The van der Waals surface area contributed by atoms with Gasteiger partial charge in [-0.3, -0.25) is 4.98 Å². The molecule has 0 radical (unpaired) electrons. The number of anilines is 1. The van der Waals surface area contributed by atoms with Crippen LogP contribution in [0.15, 0.2) is 36.5 Å². The first-order valence-corrected chi connectivity index (χ1v) is 7.69. The van der Waals surface area contributed by atoms with Crippen LogP contribution in [0.5, 0.6) is 17.2 Å². The van der Waals surface area contributed by atoms with E-state index < -0.39 is 5.82 Å². The molecule has 1 aromatic carbocycles. The molecule has 3 rings (SSSR count). The summed E-state index contributed by atoms with van der Waals surface area (Å²) in [5.74, 6) is 0.552. The van der Waals surface area contributed by atoms with Gasteiger partial charge in [-0.15, -0.1) is 0 Å². The summed E-state index contributed by atoms with van der Waals surface area (Å²) in [6.45, 7) is 2.71. The van der Waals surface area contributed by atoms with Crippen molar-refractivity contribution in [3.8, 4) is 17.2 Å². The second kappa shape index (κ2) is 7.31. The first-order chi connectivity index (χ1) is 12.1. The van der Waals surface area contributed by atoms with Gasteiger partial charge < -0.3 is 19.9 Å². The second-order valence-electron chi connectivity index (χ2n) is 5.38. The van der Waals surface area contributed by atoms with Crippen LogP contribution >= 0.6 is 0 Å². The molecule has 2 aromatic heterocycles. The number of nitrogens with two attached hydrogens (primary N) is 1. The van der Waals surface area contributed by atoms with E-state index in [0.717, 1.165) is 0 Å². The largest absolute Gasteiger partial charge is 0.489 e. The van der Waals surface area contributed by atoms with Gasteiger partial charge in [0.2, 0.25) is 0 Å². The number of rotatable bonds is 6. The Kier molecular flexibility index (Phi) is 4.95. The van der Waals surface area contributed by atoms with E-state index in [4.69, 9.17) is 19.9 Å². The van der Waals surface area contributed by atoms with E-state index in [-0.39, 0.29) is 5.75 Å². The molecule has 7 heteroatoms. The van der Waals surface area contributed by atoms with Crippen LogP contribution in [0.3, 0.4) is 0 Å². The minimum atomic E-state index is -0.541. The molecule has 0 aliphatic heterocycles. The molecule has 0 saturated heterocycles. The maximum absolute atomic E-state index is 14.0. The number of aromatic nitrogens is 2. The van der Waals surface area contributed by atoms with Crippen molar-refractivity contribution in [2.24, 2.45) is 0 Å². The maximum Gasteiger partial charge on any atom is 0.167 e. The zero-order valence-electron chi connectivity index (χ0n) is 14.0. The molecular weight excluding hydrogens is 325 g/mol. The van der Waals surface area contributed by atoms with Crippen LogP contribution in [0.25, 0.3) is 11.0 Å². The van der Waals surface area contributed by atoms with Crippen molar-refractivity contribution >= 4 is 16.7 Å². The Morgan fingerprint density at radius 3 is 2.68 bits per heavy atom. The van der Waals surface area contributed by atoms with Crippen molar-refractivity contribution in [3.63, 3.8) is 0 Å². The summed E-state index contributed by atoms with van der Waals surface area (Å²) in [6.07, 6.45) is 1.57.